The van der Waals surface area contributed by atoms with E-state index in [4.69, 9.17) is 4.74 Å². The van der Waals surface area contributed by atoms with Gasteiger partial charge < -0.3 is 20.1 Å². The molecule has 2 aliphatic heterocycles. The molecule has 0 bridgehead atoms. The molecule has 2 saturated carbocycles. The first-order chi connectivity index (χ1) is 25.2. The minimum atomic E-state index is -4.39. The zero-order valence-electron chi connectivity index (χ0n) is 30.8. The number of nitrogens with zero attached hydrogens (tertiary/aromatic N) is 3. The number of nitro groups is 1. The average molecular weight is 746 g/mol. The lowest BCUT2D eigenvalue weighted by atomic mass is 9.59. The topological polar surface area (TPSA) is 154 Å². The fourth-order valence-electron chi connectivity index (χ4n) is 8.84. The second-order valence-corrected chi connectivity index (χ2v) is 18.0. The molecule has 53 heavy (non-hydrogen) atoms. The Balaban J connectivity index is 0.926. The van der Waals surface area contributed by atoms with E-state index in [1.165, 1.54) is 23.3 Å². The molecule has 12 nitrogen and oxygen atoms in total. The smallest absolute Gasteiger partial charge is 0.293 e. The number of rotatable bonds is 11. The molecule has 2 heterocycles. The molecule has 1 amide bonds. The Bertz CT molecular complexity index is 1930. The van der Waals surface area contributed by atoms with Gasteiger partial charge in [-0.3, -0.25) is 19.8 Å². The molecule has 13 heteroatoms. The number of benzene rings is 3. The second kappa shape index (κ2) is 14.7. The van der Waals surface area contributed by atoms with Crippen LogP contribution in [0.2, 0.25) is 0 Å². The van der Waals surface area contributed by atoms with Gasteiger partial charge in [0.15, 0.2) is 0 Å². The molecule has 0 aromatic heterocycles. The van der Waals surface area contributed by atoms with E-state index >= 15 is 0 Å². The van der Waals surface area contributed by atoms with Gasteiger partial charge in [-0.1, -0.05) is 38.1 Å². The number of morpholine rings is 1. The third-order valence-electron chi connectivity index (χ3n) is 12.0. The number of amides is 1. The van der Waals surface area contributed by atoms with E-state index in [1.54, 1.807) is 12.1 Å². The number of nitro benzene ring substituents is 1. The monoisotopic (exact) mass is 745 g/mol. The van der Waals surface area contributed by atoms with E-state index in [0.29, 0.717) is 31.3 Å². The van der Waals surface area contributed by atoms with Gasteiger partial charge in [0.25, 0.3) is 21.6 Å². The fourth-order valence-corrected chi connectivity index (χ4v) is 9.84. The SMILES string of the molecule is CC(C)c1ccccc1[C@@H]1COCCN1C1CC2(C1)CN(c1ccc(C(=O)NS(=O)(=O)c3ccc(NCC4CCC(C)(O)CC4)c([N+](=O)[O-])c3)cc1)C2. The molecule has 2 saturated heterocycles. The van der Waals surface area contributed by atoms with Crippen molar-refractivity contribution in [2.75, 3.05) is 49.6 Å². The van der Waals surface area contributed by atoms with Gasteiger partial charge >= 0.3 is 0 Å². The zero-order chi connectivity index (χ0) is 37.5. The predicted molar refractivity (Wildman–Crippen MR) is 204 cm³/mol. The van der Waals surface area contributed by atoms with Crippen molar-refractivity contribution in [2.24, 2.45) is 11.3 Å². The summed E-state index contributed by atoms with van der Waals surface area (Å²) in [4.78, 5) is 28.9. The van der Waals surface area contributed by atoms with Crippen LogP contribution in [0.5, 0.6) is 0 Å². The maximum Gasteiger partial charge on any atom is 0.293 e. The summed E-state index contributed by atoms with van der Waals surface area (Å²) in [6.45, 7) is 11.1. The molecule has 3 aromatic carbocycles. The lowest BCUT2D eigenvalue weighted by molar-refractivity contribution is -0.384. The van der Waals surface area contributed by atoms with Crippen molar-refractivity contribution in [3.8, 4) is 0 Å². The summed E-state index contributed by atoms with van der Waals surface area (Å²) < 4.78 is 34.4. The largest absolute Gasteiger partial charge is 0.390 e. The molecule has 4 fully saturated rings. The highest BCUT2D eigenvalue weighted by atomic mass is 32.2. The lowest BCUT2D eigenvalue weighted by Crippen LogP contribution is -2.67. The highest BCUT2D eigenvalue weighted by molar-refractivity contribution is 7.90. The Morgan fingerprint density at radius 1 is 1.06 bits per heavy atom. The molecule has 0 radical (unpaired) electrons. The number of sulfonamides is 1. The predicted octanol–water partition coefficient (Wildman–Crippen LogP) is 6.23. The van der Waals surface area contributed by atoms with Crippen LogP contribution in [0.1, 0.15) is 92.7 Å². The minimum Gasteiger partial charge on any atom is -0.390 e. The van der Waals surface area contributed by atoms with E-state index < -0.39 is 26.5 Å². The molecule has 3 aromatic rings. The van der Waals surface area contributed by atoms with Gasteiger partial charge in [0.05, 0.1) is 34.7 Å². The van der Waals surface area contributed by atoms with Crippen LogP contribution in [-0.4, -0.2) is 80.3 Å². The average Bonchev–Trinajstić information content (AvgIpc) is 3.10. The number of hydrogen-bond donors (Lipinski definition) is 3. The van der Waals surface area contributed by atoms with Crippen LogP contribution in [0.4, 0.5) is 17.1 Å². The third-order valence-corrected chi connectivity index (χ3v) is 13.3. The van der Waals surface area contributed by atoms with Crippen molar-refractivity contribution in [2.45, 2.75) is 87.8 Å². The Kier molecular flexibility index (Phi) is 10.3. The van der Waals surface area contributed by atoms with Gasteiger partial charge in [-0.2, -0.15) is 0 Å². The van der Waals surface area contributed by atoms with E-state index in [2.05, 4.69) is 58.0 Å². The fraction of sp³-hybridized carbons (Fsp3) is 0.525. The van der Waals surface area contributed by atoms with E-state index in [0.717, 1.165) is 70.3 Å². The Morgan fingerprint density at radius 2 is 1.75 bits per heavy atom. The first kappa shape index (κ1) is 37.3. The van der Waals surface area contributed by atoms with Crippen molar-refractivity contribution < 1.29 is 28.0 Å². The summed E-state index contributed by atoms with van der Waals surface area (Å²) in [5.41, 5.74) is 3.33. The first-order valence-corrected chi connectivity index (χ1v) is 20.3. The molecule has 0 unspecified atom stereocenters. The van der Waals surface area contributed by atoms with Crippen molar-refractivity contribution in [3.63, 3.8) is 0 Å². The summed E-state index contributed by atoms with van der Waals surface area (Å²) in [5.74, 6) is -0.119. The van der Waals surface area contributed by atoms with Crippen LogP contribution in [0.15, 0.2) is 71.6 Å². The summed E-state index contributed by atoms with van der Waals surface area (Å²) in [6, 6.07) is 20.0. The lowest BCUT2D eigenvalue weighted by Gasteiger charge is -2.63. The van der Waals surface area contributed by atoms with Gasteiger partial charge in [0.1, 0.15) is 5.69 Å². The molecule has 1 atom stereocenters. The maximum atomic E-state index is 13.2. The molecule has 284 valence electrons. The maximum absolute atomic E-state index is 13.2. The van der Waals surface area contributed by atoms with Crippen LogP contribution in [-0.2, 0) is 14.8 Å². The van der Waals surface area contributed by atoms with Gasteiger partial charge in [-0.05, 0) is 105 Å². The molecular formula is C40H51N5O7S. The quantitative estimate of drug-likeness (QED) is 0.152. The molecule has 3 N–H and O–H groups in total. The van der Waals surface area contributed by atoms with Crippen LogP contribution in [0.25, 0.3) is 0 Å². The van der Waals surface area contributed by atoms with Gasteiger partial charge in [0, 0.05) is 55.0 Å². The van der Waals surface area contributed by atoms with Crippen molar-refractivity contribution in [1.29, 1.82) is 0 Å². The third kappa shape index (κ3) is 7.94. The molecule has 1 spiro atoms. The normalized spacial score (nSPS) is 24.7. The number of anilines is 2. The number of ether oxygens (including phenoxy) is 1. The molecule has 7 rings (SSSR count). The van der Waals surface area contributed by atoms with Gasteiger partial charge in [-0.15, -0.1) is 0 Å². The molecule has 4 aliphatic rings. The number of carbonyl (C=O) groups is 1. The van der Waals surface area contributed by atoms with Gasteiger partial charge in [0.2, 0.25) is 0 Å². The van der Waals surface area contributed by atoms with Crippen molar-refractivity contribution >= 4 is 33.0 Å². The summed E-state index contributed by atoms with van der Waals surface area (Å²) in [7, 11) is -4.39. The Labute approximate surface area is 312 Å². The Hall–Kier alpha value is -4.04. The summed E-state index contributed by atoms with van der Waals surface area (Å²) in [5, 5.41) is 25.2. The second-order valence-electron chi connectivity index (χ2n) is 16.3. The summed E-state index contributed by atoms with van der Waals surface area (Å²) in [6.07, 6.45) is 5.18. The van der Waals surface area contributed by atoms with Crippen LogP contribution < -0.4 is 14.9 Å². The Morgan fingerprint density at radius 3 is 2.43 bits per heavy atom. The summed E-state index contributed by atoms with van der Waals surface area (Å²) >= 11 is 0. The van der Waals surface area contributed by atoms with Gasteiger partial charge in [-0.25, -0.2) is 13.1 Å². The van der Waals surface area contributed by atoms with Crippen LogP contribution >= 0.6 is 0 Å². The number of aliphatic hydroxyl groups is 1. The standard InChI is InChI=1S/C40H51N5O7S/c1-27(2)33-6-4-5-7-34(33)37-24-52-19-18-44(37)31-21-40(22-31)25-43(26-40)30-10-8-29(9-11-30)38(46)42-53(50,51)32-12-13-35(36(20-32)45(48)49)41-23-28-14-16-39(3,47)17-15-28/h4-13,20,27-28,31,37,41,47H,14-19,21-26H2,1-3H3,(H,42,46)/t28?,37-,39?/m0/s1. The van der Waals surface area contributed by atoms with Crippen LogP contribution in [0.3, 0.4) is 0 Å². The molecular weight excluding hydrogens is 695 g/mol. The van der Waals surface area contributed by atoms with Crippen molar-refractivity contribution in [1.82, 2.24) is 9.62 Å². The van der Waals surface area contributed by atoms with E-state index in [-0.39, 0.29) is 39.2 Å². The highest BCUT2D eigenvalue weighted by Gasteiger charge is 2.55. The van der Waals surface area contributed by atoms with Crippen molar-refractivity contribution in [3.05, 3.63) is 93.5 Å². The number of nitrogens with one attached hydrogen (secondary N) is 2. The van der Waals surface area contributed by atoms with E-state index in [1.807, 2.05) is 19.1 Å². The van der Waals surface area contributed by atoms with E-state index in [9.17, 15) is 28.4 Å². The number of carbonyl (C=O) groups excluding carboxylic acids is 1. The molecule has 2 aliphatic carbocycles. The zero-order valence-corrected chi connectivity index (χ0v) is 31.6. The number of hydrogen-bond acceptors (Lipinski definition) is 10. The minimum absolute atomic E-state index is 0.176. The first-order valence-electron chi connectivity index (χ1n) is 18.8. The highest BCUT2D eigenvalue weighted by Crippen LogP contribution is 2.53. The van der Waals surface area contributed by atoms with Crippen LogP contribution in [0, 0.1) is 21.4 Å².